The Morgan fingerprint density at radius 2 is 1.59 bits per heavy atom. The van der Waals surface area contributed by atoms with E-state index in [1.54, 1.807) is 30.9 Å². The van der Waals surface area contributed by atoms with E-state index in [-0.39, 0.29) is 0 Å². The average Bonchev–Trinajstić information content (AvgIpc) is 2.58. The van der Waals surface area contributed by atoms with Gasteiger partial charge in [0.25, 0.3) is 0 Å². The third kappa shape index (κ3) is 6.40. The maximum absolute atomic E-state index is 4.24. The van der Waals surface area contributed by atoms with Crippen molar-refractivity contribution in [3.63, 3.8) is 0 Å². The molecule has 0 amide bonds. The summed E-state index contributed by atoms with van der Waals surface area (Å²) in [4.78, 5) is 16.7. The van der Waals surface area contributed by atoms with E-state index in [9.17, 15) is 0 Å². The summed E-state index contributed by atoms with van der Waals surface area (Å²) in [5.74, 6) is 5.85. The predicted molar refractivity (Wildman–Crippen MR) is 90.3 cm³/mol. The molecule has 4 nitrogen and oxygen atoms in total. The molecule has 0 aliphatic rings. The smallest absolute Gasteiger partial charge is 0.100 e. The van der Waals surface area contributed by atoms with Gasteiger partial charge in [0.2, 0.25) is 0 Å². The maximum Gasteiger partial charge on any atom is 0.100 e. The summed E-state index contributed by atoms with van der Waals surface area (Å²) in [6.07, 6.45) is 10.6. The second-order valence-electron chi connectivity index (χ2n) is 4.20. The van der Waals surface area contributed by atoms with Gasteiger partial charge in [-0.2, -0.15) is 0 Å². The van der Waals surface area contributed by atoms with Gasteiger partial charge in [-0.05, 0) is 30.3 Å². The van der Waals surface area contributed by atoms with Crippen LogP contribution in [0.2, 0.25) is 0 Å². The van der Waals surface area contributed by atoms with Crippen LogP contribution < -0.4 is 0 Å². The maximum atomic E-state index is 4.24. The lowest BCUT2D eigenvalue weighted by atomic mass is 10.4. The lowest BCUT2D eigenvalue weighted by molar-refractivity contribution is 1.23. The van der Waals surface area contributed by atoms with Crippen molar-refractivity contribution >= 4 is 12.4 Å². The van der Waals surface area contributed by atoms with Gasteiger partial charge in [0, 0.05) is 24.8 Å². The minimum absolute atomic E-state index is 0.456. The molecule has 108 valence electrons. The fraction of sp³-hybridized carbons (Fsp3) is 0.111. The fourth-order valence-electron chi connectivity index (χ4n) is 1.51. The molecule has 0 saturated carbocycles. The topological polar surface area (TPSA) is 50.5 Å². The van der Waals surface area contributed by atoms with Crippen molar-refractivity contribution in [1.29, 1.82) is 0 Å². The third-order valence-electron chi connectivity index (χ3n) is 2.51. The van der Waals surface area contributed by atoms with E-state index in [0.29, 0.717) is 13.1 Å². The molecule has 0 unspecified atom stereocenters. The molecular formula is C18H16N4. The first-order valence-corrected chi connectivity index (χ1v) is 6.90. The Morgan fingerprint density at radius 1 is 0.909 bits per heavy atom. The normalized spacial score (nSPS) is 11.1. The van der Waals surface area contributed by atoms with E-state index in [1.165, 1.54) is 0 Å². The molecule has 0 aliphatic carbocycles. The van der Waals surface area contributed by atoms with Crippen molar-refractivity contribution in [2.24, 2.45) is 9.98 Å². The van der Waals surface area contributed by atoms with Crippen molar-refractivity contribution in [2.75, 3.05) is 13.1 Å². The van der Waals surface area contributed by atoms with Crippen molar-refractivity contribution in [2.45, 2.75) is 0 Å². The largest absolute Gasteiger partial charge is 0.287 e. The lowest BCUT2D eigenvalue weighted by Crippen LogP contribution is -1.86. The van der Waals surface area contributed by atoms with Gasteiger partial charge in [-0.1, -0.05) is 30.0 Å². The van der Waals surface area contributed by atoms with E-state index < -0.39 is 0 Å². The van der Waals surface area contributed by atoms with Crippen molar-refractivity contribution in [3.8, 4) is 11.8 Å². The van der Waals surface area contributed by atoms with Crippen LogP contribution in [0.5, 0.6) is 0 Å². The van der Waals surface area contributed by atoms with Gasteiger partial charge < -0.3 is 0 Å². The van der Waals surface area contributed by atoms with Crippen LogP contribution in [-0.2, 0) is 0 Å². The molecule has 0 N–H and O–H groups in total. The van der Waals surface area contributed by atoms with E-state index in [2.05, 4.69) is 31.8 Å². The molecule has 0 aromatic carbocycles. The van der Waals surface area contributed by atoms with Gasteiger partial charge in [-0.25, -0.2) is 0 Å². The first-order chi connectivity index (χ1) is 10.9. The lowest BCUT2D eigenvalue weighted by Gasteiger charge is -1.88. The molecule has 0 radical (unpaired) electrons. The van der Waals surface area contributed by atoms with E-state index in [4.69, 9.17) is 0 Å². The Hall–Kier alpha value is -3.06. The number of aromatic nitrogens is 2. The number of hydrogen-bond donors (Lipinski definition) is 0. The molecule has 0 bridgehead atoms. The fourth-order valence-corrected chi connectivity index (χ4v) is 1.51. The van der Waals surface area contributed by atoms with Crippen LogP contribution in [0.25, 0.3) is 0 Å². The van der Waals surface area contributed by atoms with Crippen LogP contribution in [0.1, 0.15) is 11.4 Å². The average molecular weight is 288 g/mol. The molecule has 4 heteroatoms. The van der Waals surface area contributed by atoms with Crippen LogP contribution >= 0.6 is 0 Å². The van der Waals surface area contributed by atoms with E-state index in [0.717, 1.165) is 11.4 Å². The second kappa shape index (κ2) is 9.78. The number of rotatable bonds is 5. The summed E-state index contributed by atoms with van der Waals surface area (Å²) in [5.41, 5.74) is 1.69. The van der Waals surface area contributed by atoms with Crippen molar-refractivity contribution in [3.05, 3.63) is 72.3 Å². The summed E-state index contributed by atoms with van der Waals surface area (Å²) in [6.45, 7) is 1.04. The summed E-state index contributed by atoms with van der Waals surface area (Å²) < 4.78 is 0. The molecule has 0 atom stereocenters. The zero-order valence-corrected chi connectivity index (χ0v) is 12.1. The van der Waals surface area contributed by atoms with Crippen LogP contribution in [0, 0.1) is 11.8 Å². The van der Waals surface area contributed by atoms with Gasteiger partial charge >= 0.3 is 0 Å². The quantitative estimate of drug-likeness (QED) is 0.627. The zero-order chi connectivity index (χ0) is 15.3. The Balaban J connectivity index is 1.66. The molecule has 0 aliphatic heterocycles. The highest BCUT2D eigenvalue weighted by molar-refractivity contribution is 5.77. The molecule has 22 heavy (non-hydrogen) atoms. The highest BCUT2D eigenvalue weighted by Gasteiger charge is 1.83. The van der Waals surface area contributed by atoms with E-state index >= 15 is 0 Å². The molecule has 0 spiro atoms. The summed E-state index contributed by atoms with van der Waals surface area (Å²) in [6, 6.07) is 11.4. The molecule has 0 fully saturated rings. The first-order valence-electron chi connectivity index (χ1n) is 6.90. The standard InChI is InChI=1S/C18H16N4/c1(5-11-19-15-17-9-3-7-13-21-17)2-6-12-20-16-18-10-4-8-14-22-18/h1,3-5,7-10,13-16H,11-12H2/b5-1-,19-15?,20-16?. The molecule has 2 aromatic heterocycles. The van der Waals surface area contributed by atoms with Crippen LogP contribution in [0.3, 0.4) is 0 Å². The van der Waals surface area contributed by atoms with Gasteiger partial charge in [0.1, 0.15) is 6.54 Å². The Kier molecular flexibility index (Phi) is 6.82. The Morgan fingerprint density at radius 3 is 2.23 bits per heavy atom. The van der Waals surface area contributed by atoms with Crippen molar-refractivity contribution in [1.82, 2.24) is 9.97 Å². The predicted octanol–water partition coefficient (Wildman–Crippen LogP) is 2.57. The number of aliphatic imine (C=N–C) groups is 2. The van der Waals surface area contributed by atoms with E-state index in [1.807, 2.05) is 42.5 Å². The molecule has 2 heterocycles. The molecular weight excluding hydrogens is 272 g/mol. The molecule has 2 rings (SSSR count). The number of pyridine rings is 2. The van der Waals surface area contributed by atoms with Gasteiger partial charge in [0.05, 0.1) is 17.9 Å². The highest BCUT2D eigenvalue weighted by atomic mass is 14.7. The summed E-state index contributed by atoms with van der Waals surface area (Å²) >= 11 is 0. The summed E-state index contributed by atoms with van der Waals surface area (Å²) in [5, 5.41) is 0. The van der Waals surface area contributed by atoms with Gasteiger partial charge in [0.15, 0.2) is 0 Å². The number of nitrogens with zero attached hydrogens (tertiary/aromatic N) is 4. The minimum Gasteiger partial charge on any atom is -0.287 e. The Bertz CT molecular complexity index is 692. The van der Waals surface area contributed by atoms with Gasteiger partial charge in [-0.3, -0.25) is 20.0 Å². The second-order valence-corrected chi connectivity index (χ2v) is 4.20. The SMILES string of the molecule is C(#CCN=Cc1ccccn1)/C=C\CN=Cc1ccccn1. The third-order valence-corrected chi connectivity index (χ3v) is 2.51. The van der Waals surface area contributed by atoms with Crippen LogP contribution in [0.4, 0.5) is 0 Å². The monoisotopic (exact) mass is 288 g/mol. The molecule has 2 aromatic rings. The molecule has 0 saturated heterocycles. The number of allylic oxidation sites excluding steroid dienone is 1. The van der Waals surface area contributed by atoms with Gasteiger partial charge in [-0.15, -0.1) is 0 Å². The van der Waals surface area contributed by atoms with Crippen molar-refractivity contribution < 1.29 is 0 Å². The highest BCUT2D eigenvalue weighted by Crippen LogP contribution is 1.89. The number of hydrogen-bond acceptors (Lipinski definition) is 4. The zero-order valence-electron chi connectivity index (χ0n) is 12.1. The summed E-state index contributed by atoms with van der Waals surface area (Å²) in [7, 11) is 0. The Labute approximate surface area is 130 Å². The minimum atomic E-state index is 0.456. The first kappa shape index (κ1) is 15.3. The van der Waals surface area contributed by atoms with Crippen LogP contribution in [0.15, 0.2) is 70.9 Å². The van der Waals surface area contributed by atoms with Crippen LogP contribution in [-0.4, -0.2) is 35.5 Å².